The highest BCUT2D eigenvalue weighted by Crippen LogP contribution is 2.25. The third kappa shape index (κ3) is 2.44. The number of hydrogen-bond acceptors (Lipinski definition) is 2. The van der Waals surface area contributed by atoms with E-state index in [0.29, 0.717) is 0 Å². The van der Waals surface area contributed by atoms with Gasteiger partial charge in [-0.15, -0.1) is 11.6 Å². The van der Waals surface area contributed by atoms with E-state index in [-0.39, 0.29) is 11.4 Å². The van der Waals surface area contributed by atoms with E-state index in [1.807, 2.05) is 0 Å². The van der Waals surface area contributed by atoms with Gasteiger partial charge in [-0.25, -0.2) is 13.1 Å². The van der Waals surface area contributed by atoms with E-state index in [2.05, 4.69) is 4.72 Å². The average molecular weight is 184 g/mol. The molecule has 10 heavy (non-hydrogen) atoms. The molecule has 1 aliphatic carbocycles. The molecule has 0 atom stereocenters. The van der Waals surface area contributed by atoms with Crippen molar-refractivity contribution in [3.05, 3.63) is 0 Å². The second-order valence-electron chi connectivity index (χ2n) is 2.66. The first-order chi connectivity index (χ1) is 4.47. The molecule has 0 heterocycles. The van der Waals surface area contributed by atoms with E-state index in [1.54, 1.807) is 0 Å². The highest BCUT2D eigenvalue weighted by molar-refractivity contribution is 7.88. The van der Waals surface area contributed by atoms with Crippen LogP contribution in [0.2, 0.25) is 0 Å². The zero-order valence-corrected chi connectivity index (χ0v) is 7.24. The van der Waals surface area contributed by atoms with Gasteiger partial charge in [0.1, 0.15) is 0 Å². The summed E-state index contributed by atoms with van der Waals surface area (Å²) in [5.74, 6) is 0. The zero-order valence-electron chi connectivity index (χ0n) is 5.67. The molecule has 0 aromatic rings. The van der Waals surface area contributed by atoms with Gasteiger partial charge in [0, 0.05) is 11.4 Å². The van der Waals surface area contributed by atoms with Crippen molar-refractivity contribution in [1.82, 2.24) is 4.72 Å². The molecular weight excluding hydrogens is 174 g/mol. The first kappa shape index (κ1) is 8.30. The van der Waals surface area contributed by atoms with E-state index < -0.39 is 10.0 Å². The molecule has 1 aliphatic rings. The summed E-state index contributed by atoms with van der Waals surface area (Å²) in [6.45, 7) is 0. The predicted octanol–water partition coefficient (Wildman–Crippen LogP) is 0.305. The fourth-order valence-electron chi connectivity index (χ4n) is 0.947. The third-order valence-electron chi connectivity index (χ3n) is 1.46. The Hall–Kier alpha value is 0.200. The second kappa shape index (κ2) is 2.68. The number of nitrogens with one attached hydrogen (secondary N) is 1. The number of hydrogen-bond donors (Lipinski definition) is 1. The molecule has 0 aromatic carbocycles. The Morgan fingerprint density at radius 2 is 2.00 bits per heavy atom. The van der Waals surface area contributed by atoms with Crippen LogP contribution >= 0.6 is 11.6 Å². The first-order valence-electron chi connectivity index (χ1n) is 3.09. The van der Waals surface area contributed by atoms with Crippen molar-refractivity contribution >= 4 is 21.6 Å². The number of alkyl halides is 1. The van der Waals surface area contributed by atoms with E-state index in [1.165, 1.54) is 0 Å². The summed E-state index contributed by atoms with van der Waals surface area (Å²) >= 11 is 5.64. The lowest BCUT2D eigenvalue weighted by molar-refractivity contribution is 0.392. The van der Waals surface area contributed by atoms with Crippen molar-refractivity contribution < 1.29 is 8.42 Å². The van der Waals surface area contributed by atoms with Crippen LogP contribution in [-0.2, 0) is 10.0 Å². The van der Waals surface area contributed by atoms with Gasteiger partial charge in [0.25, 0.3) is 0 Å². The summed E-state index contributed by atoms with van der Waals surface area (Å²) < 4.78 is 23.6. The minimum atomic E-state index is -3.02. The average Bonchev–Trinajstić information content (AvgIpc) is 1.57. The molecule has 60 valence electrons. The van der Waals surface area contributed by atoms with E-state index in [4.69, 9.17) is 11.6 Å². The molecule has 0 unspecified atom stereocenters. The summed E-state index contributed by atoms with van der Waals surface area (Å²) in [5, 5.41) is 0.166. The van der Waals surface area contributed by atoms with Crippen LogP contribution in [0.5, 0.6) is 0 Å². The maximum absolute atomic E-state index is 10.6. The summed E-state index contributed by atoms with van der Waals surface area (Å²) in [6.07, 6.45) is 2.68. The maximum Gasteiger partial charge on any atom is 0.208 e. The van der Waals surface area contributed by atoms with Crippen molar-refractivity contribution in [2.75, 3.05) is 6.26 Å². The van der Waals surface area contributed by atoms with E-state index >= 15 is 0 Å². The van der Waals surface area contributed by atoms with Gasteiger partial charge in [-0.1, -0.05) is 0 Å². The summed E-state index contributed by atoms with van der Waals surface area (Å²) in [4.78, 5) is 0. The highest BCUT2D eigenvalue weighted by atomic mass is 35.5. The molecule has 1 N–H and O–H groups in total. The molecule has 0 aliphatic heterocycles. The Balaban J connectivity index is 2.30. The molecule has 1 rings (SSSR count). The largest absolute Gasteiger partial charge is 0.213 e. The normalized spacial score (nSPS) is 33.4. The molecule has 3 nitrogen and oxygen atoms in total. The lowest BCUT2D eigenvalue weighted by atomic mass is 9.94. The standard InChI is InChI=1S/C5H10ClNO2S/c1-10(8,9)7-5-2-4(6)3-5/h4-5,7H,2-3H2,1H3. The Morgan fingerprint density at radius 1 is 1.50 bits per heavy atom. The lowest BCUT2D eigenvalue weighted by Crippen LogP contribution is -2.44. The highest BCUT2D eigenvalue weighted by Gasteiger charge is 2.28. The Morgan fingerprint density at radius 3 is 2.30 bits per heavy atom. The maximum atomic E-state index is 10.6. The molecule has 1 fully saturated rings. The van der Waals surface area contributed by atoms with Gasteiger partial charge in [-0.2, -0.15) is 0 Å². The quantitative estimate of drug-likeness (QED) is 0.627. The number of halogens is 1. The minimum Gasteiger partial charge on any atom is -0.213 e. The Labute approximate surface area is 65.8 Å². The van der Waals surface area contributed by atoms with Crippen molar-refractivity contribution in [2.45, 2.75) is 24.3 Å². The van der Waals surface area contributed by atoms with Crippen molar-refractivity contribution in [3.63, 3.8) is 0 Å². The predicted molar refractivity (Wildman–Crippen MR) is 40.6 cm³/mol. The van der Waals surface area contributed by atoms with Crippen LogP contribution in [0, 0.1) is 0 Å². The zero-order chi connectivity index (χ0) is 7.78. The lowest BCUT2D eigenvalue weighted by Gasteiger charge is -2.30. The molecule has 0 aromatic heterocycles. The number of rotatable bonds is 2. The molecule has 0 radical (unpaired) electrons. The number of sulfonamides is 1. The molecular formula is C5H10ClNO2S. The van der Waals surface area contributed by atoms with Gasteiger partial charge in [0.2, 0.25) is 10.0 Å². The SMILES string of the molecule is CS(=O)(=O)NC1CC(Cl)C1. The summed E-state index contributed by atoms with van der Waals surface area (Å²) in [7, 11) is -3.02. The Kier molecular flexibility index (Phi) is 2.22. The fraction of sp³-hybridized carbons (Fsp3) is 1.00. The van der Waals surface area contributed by atoms with Crippen LogP contribution in [0.25, 0.3) is 0 Å². The van der Waals surface area contributed by atoms with Crippen LogP contribution < -0.4 is 4.72 Å². The molecule has 0 amide bonds. The van der Waals surface area contributed by atoms with Crippen LogP contribution in [0.1, 0.15) is 12.8 Å². The smallest absolute Gasteiger partial charge is 0.208 e. The summed E-state index contributed by atoms with van der Waals surface area (Å²) in [6, 6.07) is 0.0810. The fourth-order valence-corrected chi connectivity index (χ4v) is 2.18. The molecule has 0 bridgehead atoms. The van der Waals surface area contributed by atoms with Crippen LogP contribution in [0.15, 0.2) is 0 Å². The van der Waals surface area contributed by atoms with Gasteiger partial charge in [0.05, 0.1) is 6.26 Å². The minimum absolute atomic E-state index is 0.0810. The molecule has 0 saturated heterocycles. The summed E-state index contributed by atoms with van der Waals surface area (Å²) in [5.41, 5.74) is 0. The van der Waals surface area contributed by atoms with Crippen molar-refractivity contribution in [3.8, 4) is 0 Å². The molecule has 1 saturated carbocycles. The topological polar surface area (TPSA) is 46.2 Å². The monoisotopic (exact) mass is 183 g/mol. The van der Waals surface area contributed by atoms with E-state index in [9.17, 15) is 8.42 Å². The van der Waals surface area contributed by atoms with Gasteiger partial charge in [-0.3, -0.25) is 0 Å². The first-order valence-corrected chi connectivity index (χ1v) is 5.41. The second-order valence-corrected chi connectivity index (χ2v) is 5.05. The molecule has 0 spiro atoms. The third-order valence-corrected chi connectivity index (χ3v) is 2.58. The van der Waals surface area contributed by atoms with E-state index in [0.717, 1.165) is 19.1 Å². The van der Waals surface area contributed by atoms with Gasteiger partial charge in [0.15, 0.2) is 0 Å². The van der Waals surface area contributed by atoms with Gasteiger partial charge < -0.3 is 0 Å². The van der Waals surface area contributed by atoms with Gasteiger partial charge in [-0.05, 0) is 12.8 Å². The Bertz CT molecular complexity index is 208. The van der Waals surface area contributed by atoms with Crippen LogP contribution in [0.3, 0.4) is 0 Å². The molecule has 5 heteroatoms. The van der Waals surface area contributed by atoms with Crippen LogP contribution in [-0.4, -0.2) is 26.1 Å². The van der Waals surface area contributed by atoms with Crippen molar-refractivity contribution in [1.29, 1.82) is 0 Å². The van der Waals surface area contributed by atoms with Crippen molar-refractivity contribution in [2.24, 2.45) is 0 Å². The van der Waals surface area contributed by atoms with Gasteiger partial charge >= 0.3 is 0 Å². The van der Waals surface area contributed by atoms with Crippen LogP contribution in [0.4, 0.5) is 0 Å².